The molecule has 2 amide bonds. The molecular weight excluding hydrogens is 446 g/mol. The number of hydrogen-bond acceptors (Lipinski definition) is 6. The van der Waals surface area contributed by atoms with E-state index in [9.17, 15) is 19.5 Å². The normalized spacial score (nSPS) is 15.0. The van der Waals surface area contributed by atoms with Gasteiger partial charge < -0.3 is 20.4 Å². The summed E-state index contributed by atoms with van der Waals surface area (Å²) in [6.07, 6.45) is 1.46. The second kappa shape index (κ2) is 12.3. The number of rotatable bonds is 7. The molecule has 1 aliphatic heterocycles. The van der Waals surface area contributed by atoms with Gasteiger partial charge in [-0.3, -0.25) is 19.3 Å². The van der Waals surface area contributed by atoms with E-state index < -0.39 is 30.2 Å². The van der Waals surface area contributed by atoms with Crippen LogP contribution in [0.25, 0.3) is 0 Å². The molecule has 1 unspecified atom stereocenters. The van der Waals surface area contributed by atoms with Crippen molar-refractivity contribution < 1.29 is 24.6 Å². The second-order valence-corrected chi connectivity index (χ2v) is 8.59. The van der Waals surface area contributed by atoms with Crippen LogP contribution in [0.5, 0.6) is 0 Å². The molecule has 184 valence electrons. The molecule has 0 aromatic heterocycles. The highest BCUT2D eigenvalue weighted by Gasteiger charge is 2.32. The number of benzene rings is 2. The summed E-state index contributed by atoms with van der Waals surface area (Å²) in [6, 6.07) is 13.3. The molecule has 2 aromatic carbocycles. The number of Topliss-reactive ketones (excluding diaryl/α,β-unsaturated/α-hetero) is 1. The Balaban J connectivity index is 1.62. The van der Waals surface area contributed by atoms with Crippen molar-refractivity contribution in [1.29, 1.82) is 0 Å². The van der Waals surface area contributed by atoms with E-state index in [2.05, 4.69) is 34.2 Å². The zero-order chi connectivity index (χ0) is 25.4. The lowest BCUT2D eigenvalue weighted by atomic mass is 10.1. The minimum Gasteiger partial charge on any atom is -0.393 e. The first kappa shape index (κ1) is 26.1. The van der Waals surface area contributed by atoms with Crippen molar-refractivity contribution in [3.8, 4) is 11.8 Å². The highest BCUT2D eigenvalue weighted by molar-refractivity contribution is 6.10. The summed E-state index contributed by atoms with van der Waals surface area (Å²) in [5.41, 5.74) is 3.09. The Bertz CT molecular complexity index is 1080. The van der Waals surface area contributed by atoms with E-state index in [1.807, 2.05) is 12.1 Å². The number of aliphatic hydroxyl groups is 2. The van der Waals surface area contributed by atoms with Crippen LogP contribution < -0.4 is 5.32 Å². The number of ketones is 1. The summed E-state index contributed by atoms with van der Waals surface area (Å²) < 4.78 is 0. The Labute approximate surface area is 205 Å². The number of aliphatic hydroxyl groups excluding tert-OH is 2. The van der Waals surface area contributed by atoms with Crippen LogP contribution in [0, 0.1) is 11.8 Å². The molecule has 1 heterocycles. The Kier molecular flexibility index (Phi) is 9.15. The molecule has 1 fully saturated rings. The maximum atomic E-state index is 12.8. The maximum absolute atomic E-state index is 12.8. The van der Waals surface area contributed by atoms with Crippen molar-refractivity contribution in [2.75, 3.05) is 33.8 Å². The Morgan fingerprint density at radius 2 is 1.57 bits per heavy atom. The van der Waals surface area contributed by atoms with Crippen molar-refractivity contribution in [1.82, 2.24) is 15.1 Å². The number of nitrogens with one attached hydrogen (secondary N) is 1. The number of carbonyl (C=O) groups is 3. The fourth-order valence-corrected chi connectivity index (χ4v) is 3.95. The van der Waals surface area contributed by atoms with Crippen LogP contribution >= 0.6 is 0 Å². The number of piperidine rings is 1. The van der Waals surface area contributed by atoms with Gasteiger partial charge in [-0.25, -0.2) is 0 Å². The number of likely N-dealkylation sites (tertiary alicyclic amines) is 1. The Morgan fingerprint density at radius 1 is 1.03 bits per heavy atom. The molecule has 1 atom stereocenters. The monoisotopic (exact) mass is 477 g/mol. The van der Waals surface area contributed by atoms with Gasteiger partial charge in [0, 0.05) is 50.4 Å². The van der Waals surface area contributed by atoms with Gasteiger partial charge in [-0.15, -0.1) is 0 Å². The smallest absolute Gasteiger partial charge is 0.254 e. The largest absolute Gasteiger partial charge is 0.393 e. The van der Waals surface area contributed by atoms with Gasteiger partial charge in [-0.05, 0) is 54.8 Å². The van der Waals surface area contributed by atoms with Gasteiger partial charge >= 0.3 is 0 Å². The molecule has 3 rings (SSSR count). The van der Waals surface area contributed by atoms with E-state index in [0.29, 0.717) is 5.56 Å². The second-order valence-electron chi connectivity index (χ2n) is 8.59. The summed E-state index contributed by atoms with van der Waals surface area (Å²) in [5, 5.41) is 21.1. The predicted molar refractivity (Wildman–Crippen MR) is 131 cm³/mol. The zero-order valence-corrected chi connectivity index (χ0v) is 20.0. The van der Waals surface area contributed by atoms with Gasteiger partial charge in [0.2, 0.25) is 5.91 Å². The molecule has 1 saturated heterocycles. The lowest BCUT2D eigenvalue weighted by molar-refractivity contribution is -0.135. The molecule has 0 spiro atoms. The Morgan fingerprint density at radius 3 is 2.09 bits per heavy atom. The molecule has 8 heteroatoms. The maximum Gasteiger partial charge on any atom is 0.254 e. The van der Waals surface area contributed by atoms with E-state index in [0.717, 1.165) is 48.5 Å². The van der Waals surface area contributed by atoms with Crippen molar-refractivity contribution in [3.05, 3.63) is 70.8 Å². The third-order valence-electron chi connectivity index (χ3n) is 6.06. The summed E-state index contributed by atoms with van der Waals surface area (Å²) in [5.74, 6) is 4.25. The van der Waals surface area contributed by atoms with Crippen LogP contribution in [-0.4, -0.2) is 83.5 Å². The van der Waals surface area contributed by atoms with E-state index in [4.69, 9.17) is 5.11 Å². The Hall–Kier alpha value is -3.51. The fraction of sp³-hybridized carbons (Fsp3) is 0.370. The summed E-state index contributed by atoms with van der Waals surface area (Å²) in [6.45, 7) is 1.82. The third kappa shape index (κ3) is 6.99. The highest BCUT2D eigenvalue weighted by atomic mass is 16.3. The van der Waals surface area contributed by atoms with Crippen LogP contribution in [-0.2, 0) is 16.1 Å². The zero-order valence-electron chi connectivity index (χ0n) is 20.0. The topological polar surface area (TPSA) is 110 Å². The molecule has 2 aromatic rings. The first-order valence-corrected chi connectivity index (χ1v) is 11.6. The third-order valence-corrected chi connectivity index (χ3v) is 6.06. The molecule has 0 bridgehead atoms. The van der Waals surface area contributed by atoms with Crippen molar-refractivity contribution in [2.24, 2.45) is 0 Å². The van der Waals surface area contributed by atoms with Crippen molar-refractivity contribution >= 4 is 17.6 Å². The first-order chi connectivity index (χ1) is 16.8. The van der Waals surface area contributed by atoms with Gasteiger partial charge in [0.15, 0.2) is 11.8 Å². The van der Waals surface area contributed by atoms with Crippen LogP contribution in [0.4, 0.5) is 0 Å². The van der Waals surface area contributed by atoms with Crippen LogP contribution in [0.3, 0.4) is 0 Å². The number of hydrogen-bond donors (Lipinski definition) is 3. The fourth-order valence-electron chi connectivity index (χ4n) is 3.95. The summed E-state index contributed by atoms with van der Waals surface area (Å²) in [4.78, 5) is 40.1. The van der Waals surface area contributed by atoms with E-state index in [-0.39, 0.29) is 6.10 Å². The molecule has 1 aliphatic rings. The quantitative estimate of drug-likeness (QED) is 0.402. The van der Waals surface area contributed by atoms with Crippen LogP contribution in [0.2, 0.25) is 0 Å². The van der Waals surface area contributed by atoms with E-state index >= 15 is 0 Å². The highest BCUT2D eigenvalue weighted by Crippen LogP contribution is 2.14. The lowest BCUT2D eigenvalue weighted by Crippen LogP contribution is -2.52. The summed E-state index contributed by atoms with van der Waals surface area (Å²) in [7, 11) is 2.71. The molecular formula is C27H31N3O5. The van der Waals surface area contributed by atoms with Crippen LogP contribution in [0.15, 0.2) is 48.5 Å². The summed E-state index contributed by atoms with van der Waals surface area (Å²) >= 11 is 0. The van der Waals surface area contributed by atoms with Crippen molar-refractivity contribution in [3.63, 3.8) is 0 Å². The molecule has 8 nitrogen and oxygen atoms in total. The average molecular weight is 478 g/mol. The van der Waals surface area contributed by atoms with E-state index in [1.54, 1.807) is 24.3 Å². The number of carbonyl (C=O) groups excluding carboxylic acids is 3. The SMILES string of the molecule is CNC(=O)C(C(=O)CO)N(C)C(=O)c1ccc(C#Cc2ccc(CN3CCC(O)CC3)cc2)cc1. The molecule has 0 saturated carbocycles. The molecule has 0 aliphatic carbocycles. The number of likely N-dealkylation sites (N-methyl/N-ethyl adjacent to an activating group) is 2. The lowest BCUT2D eigenvalue weighted by Gasteiger charge is -2.29. The minimum atomic E-state index is -1.40. The first-order valence-electron chi connectivity index (χ1n) is 11.6. The van der Waals surface area contributed by atoms with E-state index in [1.165, 1.54) is 19.7 Å². The van der Waals surface area contributed by atoms with Gasteiger partial charge in [-0.2, -0.15) is 0 Å². The standard InChI is InChI=1S/C27H31N3O5/c1-28-26(34)25(24(33)18-31)29(2)27(35)22-11-9-20(10-12-22)4-3-19-5-7-21(8-6-19)17-30-15-13-23(32)14-16-30/h5-12,23,25,31-32H,13-18H2,1-2H3,(H,28,34). The van der Waals surface area contributed by atoms with Crippen LogP contribution in [0.1, 0.15) is 39.9 Å². The molecule has 35 heavy (non-hydrogen) atoms. The molecule has 0 radical (unpaired) electrons. The van der Waals surface area contributed by atoms with Gasteiger partial charge in [0.05, 0.1) is 6.10 Å². The number of nitrogens with zero attached hydrogens (tertiary/aromatic N) is 2. The number of amides is 2. The molecule has 3 N–H and O–H groups in total. The van der Waals surface area contributed by atoms with Crippen molar-refractivity contribution in [2.45, 2.75) is 31.5 Å². The van der Waals surface area contributed by atoms with Gasteiger partial charge in [0.1, 0.15) is 6.61 Å². The predicted octanol–water partition coefficient (Wildman–Crippen LogP) is 0.791. The minimum absolute atomic E-state index is 0.174. The van der Waals surface area contributed by atoms with Gasteiger partial charge in [-0.1, -0.05) is 24.0 Å². The average Bonchev–Trinajstić information content (AvgIpc) is 2.89. The van der Waals surface area contributed by atoms with Gasteiger partial charge in [0.25, 0.3) is 5.91 Å².